The molecule has 26 heavy (non-hydrogen) atoms. The molecule has 0 radical (unpaired) electrons. The summed E-state index contributed by atoms with van der Waals surface area (Å²) in [7, 11) is 0. The summed E-state index contributed by atoms with van der Waals surface area (Å²) >= 11 is 0. The monoisotopic (exact) mass is 372 g/mol. The molecule has 0 aliphatic rings. The maximum Gasteiger partial charge on any atom is 0.573 e. The van der Waals surface area contributed by atoms with E-state index in [0.717, 1.165) is 6.07 Å². The van der Waals surface area contributed by atoms with Gasteiger partial charge in [0.25, 0.3) is 0 Å². The van der Waals surface area contributed by atoms with Crippen LogP contribution < -0.4 is 10.5 Å². The van der Waals surface area contributed by atoms with E-state index in [9.17, 15) is 17.6 Å². The molecule has 2 rings (SSSR count). The minimum absolute atomic E-state index is 0.128. The summed E-state index contributed by atoms with van der Waals surface area (Å²) in [5.41, 5.74) is 6.63. The van der Waals surface area contributed by atoms with Crippen LogP contribution in [-0.2, 0) is 6.42 Å². The fourth-order valence-corrected chi connectivity index (χ4v) is 2.37. The van der Waals surface area contributed by atoms with Gasteiger partial charge in [0.15, 0.2) is 11.6 Å². The quantitative estimate of drug-likeness (QED) is 0.729. The lowest BCUT2D eigenvalue weighted by atomic mass is 10.1. The van der Waals surface area contributed by atoms with Gasteiger partial charge in [-0.05, 0) is 12.0 Å². The van der Waals surface area contributed by atoms with Crippen molar-refractivity contribution in [3.8, 4) is 17.0 Å². The zero-order chi connectivity index (χ0) is 19.5. The van der Waals surface area contributed by atoms with E-state index in [1.165, 1.54) is 6.20 Å². The Hall–Kier alpha value is -2.58. The molecular weight excluding hydrogens is 352 g/mol. The van der Waals surface area contributed by atoms with Gasteiger partial charge in [-0.2, -0.15) is 0 Å². The zero-order valence-electron chi connectivity index (χ0n) is 14.5. The van der Waals surface area contributed by atoms with Crippen molar-refractivity contribution in [3.05, 3.63) is 30.9 Å². The summed E-state index contributed by atoms with van der Waals surface area (Å²) in [5.74, 6) is -0.0632. The molecule has 0 aromatic carbocycles. The lowest BCUT2D eigenvalue weighted by Gasteiger charge is -2.11. The first-order valence-corrected chi connectivity index (χ1v) is 7.94. The summed E-state index contributed by atoms with van der Waals surface area (Å²) in [6, 6.07) is 1.12. The molecule has 0 bridgehead atoms. The van der Waals surface area contributed by atoms with Crippen LogP contribution in [0.15, 0.2) is 25.0 Å². The highest BCUT2D eigenvalue weighted by Crippen LogP contribution is 2.31. The van der Waals surface area contributed by atoms with E-state index in [1.807, 2.05) is 13.8 Å². The van der Waals surface area contributed by atoms with Crippen LogP contribution in [0.2, 0.25) is 0 Å². The van der Waals surface area contributed by atoms with Gasteiger partial charge in [0.2, 0.25) is 0 Å². The summed E-state index contributed by atoms with van der Waals surface area (Å²) < 4.78 is 55.7. The number of aromatic nitrogens is 3. The van der Waals surface area contributed by atoms with Crippen molar-refractivity contribution in [1.82, 2.24) is 14.5 Å². The van der Waals surface area contributed by atoms with Gasteiger partial charge in [-0.3, -0.25) is 4.39 Å². The second kappa shape index (κ2) is 7.76. The van der Waals surface area contributed by atoms with Crippen LogP contribution in [0.5, 0.6) is 5.75 Å². The molecular formula is C17H20F4N4O. The third-order valence-electron chi connectivity index (χ3n) is 3.50. The number of rotatable bonds is 7. The Kier molecular flexibility index (Phi) is 5.89. The number of nitrogens with zero attached hydrogens (tertiary/aromatic N) is 3. The molecule has 2 aromatic rings. The third kappa shape index (κ3) is 4.96. The second-order valence-electron chi connectivity index (χ2n) is 6.17. The Labute approximate surface area is 148 Å². The number of halogens is 4. The van der Waals surface area contributed by atoms with Gasteiger partial charge in [0.05, 0.1) is 12.4 Å². The molecule has 2 aromatic heterocycles. The maximum atomic E-state index is 12.7. The smallest absolute Gasteiger partial charge is 0.402 e. The number of hydrogen-bond donors (Lipinski definition) is 1. The largest absolute Gasteiger partial charge is 0.573 e. The van der Waals surface area contributed by atoms with Crippen LogP contribution in [0.25, 0.3) is 17.0 Å². The predicted molar refractivity (Wildman–Crippen MR) is 91.0 cm³/mol. The van der Waals surface area contributed by atoms with Crippen molar-refractivity contribution in [2.24, 2.45) is 5.92 Å². The highest BCUT2D eigenvalue weighted by atomic mass is 19.4. The van der Waals surface area contributed by atoms with Gasteiger partial charge in [-0.1, -0.05) is 20.4 Å². The molecule has 0 atom stereocenters. The number of anilines is 1. The normalized spacial score (nSPS) is 11.8. The zero-order valence-corrected chi connectivity index (χ0v) is 14.5. The van der Waals surface area contributed by atoms with Crippen LogP contribution in [0.3, 0.4) is 0 Å². The average Bonchev–Trinajstić information content (AvgIpc) is 2.91. The van der Waals surface area contributed by atoms with E-state index in [4.69, 9.17) is 5.73 Å². The van der Waals surface area contributed by atoms with Crippen LogP contribution in [-0.4, -0.2) is 27.6 Å². The molecule has 2 N–H and O–H groups in total. The van der Waals surface area contributed by atoms with Gasteiger partial charge in [0, 0.05) is 36.5 Å². The van der Waals surface area contributed by atoms with Crippen molar-refractivity contribution in [3.63, 3.8) is 0 Å². The van der Waals surface area contributed by atoms with E-state index >= 15 is 0 Å². The fourth-order valence-electron chi connectivity index (χ4n) is 2.37. The Morgan fingerprint density at radius 1 is 1.38 bits per heavy atom. The molecule has 9 heteroatoms. The van der Waals surface area contributed by atoms with Crippen molar-refractivity contribution in [2.45, 2.75) is 33.1 Å². The SMILES string of the molecule is C=C(CCF)n1cc(-c2cnc(N)c(OC(F)(F)F)c2)nc1CC(C)C. The number of nitrogen functional groups attached to an aromatic ring is 1. The Bertz CT molecular complexity index is 784. The Morgan fingerprint density at radius 3 is 2.65 bits per heavy atom. The molecule has 0 spiro atoms. The fraction of sp³-hybridized carbons (Fsp3) is 0.412. The highest BCUT2D eigenvalue weighted by Gasteiger charge is 2.32. The Morgan fingerprint density at radius 2 is 2.08 bits per heavy atom. The molecule has 5 nitrogen and oxygen atoms in total. The lowest BCUT2D eigenvalue weighted by molar-refractivity contribution is -0.274. The molecule has 0 fully saturated rings. The van der Waals surface area contributed by atoms with Crippen LogP contribution in [0, 0.1) is 5.92 Å². The molecule has 0 saturated heterocycles. The molecule has 0 amide bonds. The van der Waals surface area contributed by atoms with Gasteiger partial charge in [0.1, 0.15) is 5.82 Å². The van der Waals surface area contributed by atoms with E-state index in [1.54, 1.807) is 10.8 Å². The lowest BCUT2D eigenvalue weighted by Crippen LogP contribution is -2.18. The minimum Gasteiger partial charge on any atom is -0.402 e. The number of imidazole rings is 1. The number of hydrogen-bond acceptors (Lipinski definition) is 4. The standard InChI is InChI=1S/C17H20F4N4O/c1-10(2)6-15-24-13(9-25(15)11(3)4-5-18)12-7-14(16(22)23-8-12)26-17(19,20)21/h7-10H,3-6H2,1-2H3,(H2,22,23). The second-order valence-corrected chi connectivity index (χ2v) is 6.17. The molecule has 0 aliphatic carbocycles. The maximum absolute atomic E-state index is 12.7. The number of pyridine rings is 1. The van der Waals surface area contributed by atoms with Crippen molar-refractivity contribution >= 4 is 11.5 Å². The van der Waals surface area contributed by atoms with E-state index < -0.39 is 18.8 Å². The molecule has 0 saturated carbocycles. The van der Waals surface area contributed by atoms with Crippen molar-refractivity contribution < 1.29 is 22.3 Å². The summed E-state index contributed by atoms with van der Waals surface area (Å²) in [6.07, 6.45) is -1.25. The van der Waals surface area contributed by atoms with Gasteiger partial charge >= 0.3 is 6.36 Å². The first-order valence-electron chi connectivity index (χ1n) is 7.94. The number of ether oxygens (including phenoxy) is 1. The van der Waals surface area contributed by atoms with Crippen LogP contribution in [0.4, 0.5) is 23.4 Å². The van der Waals surface area contributed by atoms with Crippen molar-refractivity contribution in [1.29, 1.82) is 0 Å². The van der Waals surface area contributed by atoms with Gasteiger partial charge in [-0.15, -0.1) is 13.2 Å². The Balaban J connectivity index is 2.44. The third-order valence-corrected chi connectivity index (χ3v) is 3.50. The number of alkyl halides is 4. The summed E-state index contributed by atoms with van der Waals surface area (Å²) in [4.78, 5) is 8.20. The summed E-state index contributed by atoms with van der Waals surface area (Å²) in [6.45, 7) is 7.27. The molecule has 142 valence electrons. The van der Waals surface area contributed by atoms with E-state index in [-0.39, 0.29) is 18.2 Å². The number of nitrogens with two attached hydrogens (primary N) is 1. The number of allylic oxidation sites excluding steroid dienone is 1. The molecule has 0 unspecified atom stereocenters. The topological polar surface area (TPSA) is 66.0 Å². The summed E-state index contributed by atoms with van der Waals surface area (Å²) in [5, 5.41) is 0. The van der Waals surface area contributed by atoms with Crippen LogP contribution >= 0.6 is 0 Å². The first kappa shape index (κ1) is 19.7. The van der Waals surface area contributed by atoms with E-state index in [2.05, 4.69) is 21.3 Å². The van der Waals surface area contributed by atoms with Crippen LogP contribution in [0.1, 0.15) is 26.1 Å². The van der Waals surface area contributed by atoms with Gasteiger partial charge in [-0.25, -0.2) is 9.97 Å². The van der Waals surface area contributed by atoms with Gasteiger partial charge < -0.3 is 15.0 Å². The average molecular weight is 372 g/mol. The van der Waals surface area contributed by atoms with Crippen molar-refractivity contribution in [2.75, 3.05) is 12.4 Å². The predicted octanol–water partition coefficient (Wildman–Crippen LogP) is 4.45. The van der Waals surface area contributed by atoms with E-state index in [0.29, 0.717) is 29.2 Å². The minimum atomic E-state index is -4.88. The first-order chi connectivity index (χ1) is 12.1. The molecule has 2 heterocycles. The highest BCUT2D eigenvalue weighted by molar-refractivity contribution is 5.65. The molecule has 0 aliphatic heterocycles.